The van der Waals surface area contributed by atoms with Gasteiger partial charge in [-0.25, -0.2) is 0 Å². The van der Waals surface area contributed by atoms with Crippen LogP contribution in [0, 0.1) is 5.92 Å². The first-order valence-corrected chi connectivity index (χ1v) is 8.54. The summed E-state index contributed by atoms with van der Waals surface area (Å²) in [6.07, 6.45) is 12.6. The molecule has 2 aliphatic carbocycles. The number of hydrogen-bond acceptors (Lipinski definition) is 2. The predicted octanol–water partition coefficient (Wildman–Crippen LogP) is 4.06. The lowest BCUT2D eigenvalue weighted by atomic mass is 9.74. The van der Waals surface area contributed by atoms with Crippen LogP contribution < -0.4 is 0 Å². The Hall–Kier alpha value is -0.570. The highest BCUT2D eigenvalue weighted by Crippen LogP contribution is 2.41. The Kier molecular flexibility index (Phi) is 5.48. The van der Waals surface area contributed by atoms with Gasteiger partial charge < -0.3 is 5.11 Å². The fourth-order valence-electron chi connectivity index (χ4n) is 4.67. The van der Waals surface area contributed by atoms with Gasteiger partial charge in [0.25, 0.3) is 0 Å². The molecule has 0 aliphatic heterocycles. The molecule has 0 bridgehead atoms. The summed E-state index contributed by atoms with van der Waals surface area (Å²) in [6, 6.07) is 0.603. The molecule has 0 radical (unpaired) electrons. The fourth-order valence-corrected chi connectivity index (χ4v) is 4.67. The van der Waals surface area contributed by atoms with Crippen LogP contribution in [-0.4, -0.2) is 34.6 Å². The van der Waals surface area contributed by atoms with Crippen molar-refractivity contribution in [1.82, 2.24) is 4.90 Å². The van der Waals surface area contributed by atoms with Crippen LogP contribution in [0.4, 0.5) is 0 Å². The Labute approximate surface area is 123 Å². The molecule has 0 saturated heterocycles. The van der Waals surface area contributed by atoms with Crippen LogP contribution in [-0.2, 0) is 4.79 Å². The van der Waals surface area contributed by atoms with Crippen LogP contribution in [0.3, 0.4) is 0 Å². The summed E-state index contributed by atoms with van der Waals surface area (Å²) < 4.78 is 0. The van der Waals surface area contributed by atoms with Crippen molar-refractivity contribution in [3.63, 3.8) is 0 Å². The van der Waals surface area contributed by atoms with Crippen molar-refractivity contribution in [2.45, 2.75) is 89.1 Å². The normalized spacial score (nSPS) is 30.4. The monoisotopic (exact) mass is 281 g/mol. The van der Waals surface area contributed by atoms with E-state index in [1.165, 1.54) is 51.4 Å². The van der Waals surface area contributed by atoms with E-state index in [2.05, 4.69) is 18.9 Å². The van der Waals surface area contributed by atoms with E-state index in [4.69, 9.17) is 0 Å². The molecule has 0 heterocycles. The van der Waals surface area contributed by atoms with E-state index < -0.39 is 5.97 Å². The van der Waals surface area contributed by atoms with Crippen LogP contribution in [0.25, 0.3) is 0 Å². The van der Waals surface area contributed by atoms with Crippen molar-refractivity contribution in [3.8, 4) is 0 Å². The van der Waals surface area contributed by atoms with Crippen molar-refractivity contribution in [2.75, 3.05) is 7.05 Å². The summed E-state index contributed by atoms with van der Waals surface area (Å²) in [5, 5.41) is 9.37. The number of carboxylic acids is 1. The minimum absolute atomic E-state index is 0.0699. The number of rotatable bonds is 5. The summed E-state index contributed by atoms with van der Waals surface area (Å²) in [5.74, 6) is 0.143. The second-order valence-corrected chi connectivity index (χ2v) is 6.99. The third-order valence-corrected chi connectivity index (χ3v) is 5.90. The van der Waals surface area contributed by atoms with Gasteiger partial charge in [-0.05, 0) is 38.6 Å². The van der Waals surface area contributed by atoms with E-state index in [0.29, 0.717) is 12.5 Å². The number of nitrogens with zero attached hydrogens (tertiary/aromatic N) is 1. The lowest BCUT2D eigenvalue weighted by Gasteiger charge is -2.50. The zero-order valence-electron chi connectivity index (χ0n) is 13.2. The van der Waals surface area contributed by atoms with Crippen LogP contribution in [0.5, 0.6) is 0 Å². The molecule has 2 aliphatic rings. The topological polar surface area (TPSA) is 40.5 Å². The van der Waals surface area contributed by atoms with Gasteiger partial charge >= 0.3 is 5.97 Å². The van der Waals surface area contributed by atoms with E-state index >= 15 is 0 Å². The molecular weight excluding hydrogens is 250 g/mol. The van der Waals surface area contributed by atoms with Crippen molar-refractivity contribution in [1.29, 1.82) is 0 Å². The van der Waals surface area contributed by atoms with Crippen LogP contribution in [0.1, 0.15) is 77.6 Å². The average Bonchev–Trinajstić information content (AvgIpc) is 2.46. The Bertz CT molecular complexity index is 323. The number of aliphatic carboxylic acids is 1. The Balaban J connectivity index is 2.15. The largest absolute Gasteiger partial charge is 0.481 e. The van der Waals surface area contributed by atoms with Crippen LogP contribution >= 0.6 is 0 Å². The highest BCUT2D eigenvalue weighted by molar-refractivity contribution is 5.68. The smallest absolute Gasteiger partial charge is 0.305 e. The van der Waals surface area contributed by atoms with Gasteiger partial charge in [0.05, 0.1) is 6.42 Å². The van der Waals surface area contributed by atoms with E-state index in [0.717, 1.165) is 18.8 Å². The maximum Gasteiger partial charge on any atom is 0.305 e. The van der Waals surface area contributed by atoms with E-state index in [-0.39, 0.29) is 5.54 Å². The Morgan fingerprint density at radius 3 is 2.40 bits per heavy atom. The molecular formula is C17H31NO2. The molecule has 2 unspecified atom stereocenters. The third kappa shape index (κ3) is 3.36. The van der Waals surface area contributed by atoms with Gasteiger partial charge in [0.1, 0.15) is 0 Å². The summed E-state index contributed by atoms with van der Waals surface area (Å²) in [5.41, 5.74) is -0.0699. The Morgan fingerprint density at radius 1 is 1.15 bits per heavy atom. The van der Waals surface area contributed by atoms with Crippen molar-refractivity contribution >= 4 is 5.97 Å². The molecule has 3 nitrogen and oxygen atoms in total. The lowest BCUT2D eigenvalue weighted by molar-refractivity contribution is -0.142. The molecule has 2 rings (SSSR count). The summed E-state index contributed by atoms with van der Waals surface area (Å²) in [7, 11) is 2.22. The molecule has 3 heteroatoms. The van der Waals surface area contributed by atoms with Gasteiger partial charge in [0.15, 0.2) is 0 Å². The molecule has 2 atom stereocenters. The number of carbonyl (C=O) groups is 1. The minimum Gasteiger partial charge on any atom is -0.481 e. The molecule has 20 heavy (non-hydrogen) atoms. The molecule has 0 amide bonds. The third-order valence-electron chi connectivity index (χ3n) is 5.90. The molecule has 0 aromatic heterocycles. The van der Waals surface area contributed by atoms with E-state index in [9.17, 15) is 9.90 Å². The second kappa shape index (κ2) is 6.93. The highest BCUT2D eigenvalue weighted by atomic mass is 16.4. The second-order valence-electron chi connectivity index (χ2n) is 6.99. The van der Waals surface area contributed by atoms with E-state index in [1.54, 1.807) is 0 Å². The van der Waals surface area contributed by atoms with Crippen LogP contribution in [0.15, 0.2) is 0 Å². The molecule has 2 fully saturated rings. The van der Waals surface area contributed by atoms with Crippen molar-refractivity contribution in [2.24, 2.45) is 5.92 Å². The van der Waals surface area contributed by atoms with Gasteiger partial charge in [0.2, 0.25) is 0 Å². The van der Waals surface area contributed by atoms with Gasteiger partial charge in [-0.3, -0.25) is 9.69 Å². The first-order chi connectivity index (χ1) is 9.59. The summed E-state index contributed by atoms with van der Waals surface area (Å²) in [4.78, 5) is 13.9. The summed E-state index contributed by atoms with van der Waals surface area (Å²) >= 11 is 0. The molecule has 2 saturated carbocycles. The zero-order valence-corrected chi connectivity index (χ0v) is 13.2. The molecule has 0 aromatic rings. The molecule has 116 valence electrons. The molecule has 1 N–H and O–H groups in total. The van der Waals surface area contributed by atoms with Crippen LogP contribution in [0.2, 0.25) is 0 Å². The van der Waals surface area contributed by atoms with Gasteiger partial charge in [-0.2, -0.15) is 0 Å². The SMILES string of the molecule is CCC1CCCCC1N(C)C1(CC(=O)O)CCCCC1. The highest BCUT2D eigenvalue weighted by Gasteiger charge is 2.42. The minimum atomic E-state index is -0.623. The fraction of sp³-hybridized carbons (Fsp3) is 0.941. The quantitative estimate of drug-likeness (QED) is 0.826. The first-order valence-electron chi connectivity index (χ1n) is 8.54. The van der Waals surface area contributed by atoms with Gasteiger partial charge in [-0.1, -0.05) is 45.4 Å². The maximum atomic E-state index is 11.4. The van der Waals surface area contributed by atoms with Gasteiger partial charge in [-0.15, -0.1) is 0 Å². The van der Waals surface area contributed by atoms with E-state index in [1.807, 2.05) is 0 Å². The zero-order chi connectivity index (χ0) is 14.6. The molecule has 0 spiro atoms. The Morgan fingerprint density at radius 2 is 1.80 bits per heavy atom. The first kappa shape index (κ1) is 15.8. The van der Waals surface area contributed by atoms with Crippen molar-refractivity contribution < 1.29 is 9.90 Å². The predicted molar refractivity (Wildman–Crippen MR) is 81.9 cm³/mol. The number of hydrogen-bond donors (Lipinski definition) is 1. The maximum absolute atomic E-state index is 11.4. The van der Waals surface area contributed by atoms with Crippen molar-refractivity contribution in [3.05, 3.63) is 0 Å². The molecule has 0 aromatic carbocycles. The lowest BCUT2D eigenvalue weighted by Crippen LogP contribution is -2.56. The van der Waals surface area contributed by atoms with Gasteiger partial charge in [0, 0.05) is 11.6 Å². The number of carboxylic acid groups (broad SMARTS) is 1. The average molecular weight is 281 g/mol. The summed E-state index contributed by atoms with van der Waals surface area (Å²) in [6.45, 7) is 2.29. The standard InChI is InChI=1S/C17H31NO2/c1-3-14-9-5-6-10-15(14)18(2)17(13-16(19)20)11-7-4-8-12-17/h14-15H,3-13H2,1-2H3,(H,19,20).